The van der Waals surface area contributed by atoms with Gasteiger partial charge >= 0.3 is 0 Å². The summed E-state index contributed by atoms with van der Waals surface area (Å²) in [5.74, 6) is -0.187. The fourth-order valence-electron chi connectivity index (χ4n) is 2.48. The molecule has 2 N–H and O–H groups in total. The molecule has 1 rings (SSSR count). The number of halogens is 1. The van der Waals surface area contributed by atoms with Gasteiger partial charge in [0.05, 0.1) is 0 Å². The Labute approximate surface area is 122 Å². The molecule has 0 spiro atoms. The summed E-state index contributed by atoms with van der Waals surface area (Å²) >= 11 is 0. The van der Waals surface area contributed by atoms with Gasteiger partial charge in [0.15, 0.2) is 0 Å². The van der Waals surface area contributed by atoms with Crippen molar-refractivity contribution in [3.8, 4) is 0 Å². The quantitative estimate of drug-likeness (QED) is 0.794. The highest BCUT2D eigenvalue weighted by Crippen LogP contribution is 2.24. The van der Waals surface area contributed by atoms with Crippen LogP contribution in [0, 0.1) is 12.7 Å². The Kier molecular flexibility index (Phi) is 7.13. The maximum atomic E-state index is 13.5. The standard InChI is InChI=1S/C16H28FN3/c1-5-8-20(10-9-19(3)4)16(12-18)15-11-14(17)7-6-13(15)2/h6-7,11,16H,5,8-10,12,18H2,1-4H3. The first-order valence-corrected chi connectivity index (χ1v) is 7.34. The number of likely N-dealkylation sites (N-methyl/N-ethyl adjacent to an activating group) is 1. The molecule has 0 aromatic heterocycles. The maximum absolute atomic E-state index is 13.5. The predicted octanol–water partition coefficient (Wildman–Crippen LogP) is 2.41. The number of nitrogens with two attached hydrogens (primary N) is 1. The summed E-state index contributed by atoms with van der Waals surface area (Å²) in [7, 11) is 4.13. The Morgan fingerprint density at radius 1 is 1.20 bits per heavy atom. The summed E-state index contributed by atoms with van der Waals surface area (Å²) in [4.78, 5) is 4.52. The van der Waals surface area contributed by atoms with E-state index in [1.807, 2.05) is 13.0 Å². The van der Waals surface area contributed by atoms with E-state index in [-0.39, 0.29) is 11.9 Å². The summed E-state index contributed by atoms with van der Waals surface area (Å²) < 4.78 is 13.5. The summed E-state index contributed by atoms with van der Waals surface area (Å²) in [6, 6.07) is 5.07. The molecule has 20 heavy (non-hydrogen) atoms. The molecule has 1 atom stereocenters. The Hall–Kier alpha value is -0.970. The fraction of sp³-hybridized carbons (Fsp3) is 0.625. The molecule has 114 valence electrons. The average Bonchev–Trinajstić information content (AvgIpc) is 2.40. The molecule has 0 radical (unpaired) electrons. The first-order chi connectivity index (χ1) is 9.49. The van der Waals surface area contributed by atoms with Gasteiger partial charge in [-0.2, -0.15) is 0 Å². The molecule has 0 saturated heterocycles. The van der Waals surface area contributed by atoms with Gasteiger partial charge in [-0.25, -0.2) is 4.39 Å². The van der Waals surface area contributed by atoms with Crippen LogP contribution >= 0.6 is 0 Å². The molecule has 0 heterocycles. The third-order valence-corrected chi connectivity index (χ3v) is 3.61. The van der Waals surface area contributed by atoms with Crippen LogP contribution in [0.1, 0.15) is 30.5 Å². The summed E-state index contributed by atoms with van der Waals surface area (Å²) in [5, 5.41) is 0. The van der Waals surface area contributed by atoms with Crippen LogP contribution in [-0.2, 0) is 0 Å². The van der Waals surface area contributed by atoms with Crippen molar-refractivity contribution in [1.82, 2.24) is 9.80 Å². The smallest absolute Gasteiger partial charge is 0.123 e. The van der Waals surface area contributed by atoms with Crippen molar-refractivity contribution in [2.24, 2.45) is 5.73 Å². The predicted molar refractivity (Wildman–Crippen MR) is 83.4 cm³/mol. The Morgan fingerprint density at radius 3 is 2.45 bits per heavy atom. The van der Waals surface area contributed by atoms with Crippen LogP contribution < -0.4 is 5.73 Å². The Bertz CT molecular complexity index is 407. The molecule has 0 fully saturated rings. The third-order valence-electron chi connectivity index (χ3n) is 3.61. The molecule has 4 heteroatoms. The van der Waals surface area contributed by atoms with Crippen molar-refractivity contribution >= 4 is 0 Å². The number of nitrogens with zero attached hydrogens (tertiary/aromatic N) is 2. The second kappa shape index (κ2) is 8.35. The topological polar surface area (TPSA) is 32.5 Å². The van der Waals surface area contributed by atoms with Gasteiger partial charge in [0.1, 0.15) is 5.82 Å². The molecule has 0 bridgehead atoms. The lowest BCUT2D eigenvalue weighted by Gasteiger charge is -2.32. The van der Waals surface area contributed by atoms with E-state index in [2.05, 4.69) is 30.8 Å². The van der Waals surface area contributed by atoms with Gasteiger partial charge in [-0.3, -0.25) is 4.90 Å². The SMILES string of the molecule is CCCN(CCN(C)C)C(CN)c1cc(F)ccc1C. The molecule has 0 aliphatic carbocycles. The normalized spacial score (nSPS) is 13.2. The van der Waals surface area contributed by atoms with Crippen molar-refractivity contribution < 1.29 is 4.39 Å². The van der Waals surface area contributed by atoms with Crippen molar-refractivity contribution in [3.63, 3.8) is 0 Å². The van der Waals surface area contributed by atoms with E-state index in [4.69, 9.17) is 5.73 Å². The van der Waals surface area contributed by atoms with Crippen LogP contribution in [0.4, 0.5) is 4.39 Å². The lowest BCUT2D eigenvalue weighted by atomic mass is 9.99. The Morgan fingerprint density at radius 2 is 1.90 bits per heavy atom. The zero-order valence-electron chi connectivity index (χ0n) is 13.2. The second-order valence-electron chi connectivity index (χ2n) is 5.59. The first kappa shape index (κ1) is 17.1. The minimum atomic E-state index is -0.187. The van der Waals surface area contributed by atoms with Gasteiger partial charge in [0, 0.05) is 25.7 Å². The second-order valence-corrected chi connectivity index (χ2v) is 5.59. The number of hydrogen-bond donors (Lipinski definition) is 1. The van der Waals surface area contributed by atoms with E-state index in [1.54, 1.807) is 6.07 Å². The van der Waals surface area contributed by atoms with E-state index in [0.717, 1.165) is 37.2 Å². The van der Waals surface area contributed by atoms with E-state index in [9.17, 15) is 4.39 Å². The van der Waals surface area contributed by atoms with E-state index < -0.39 is 0 Å². The number of rotatable bonds is 8. The third kappa shape index (κ3) is 4.85. The van der Waals surface area contributed by atoms with E-state index in [0.29, 0.717) is 6.54 Å². The van der Waals surface area contributed by atoms with Crippen LogP contribution in [0.5, 0.6) is 0 Å². The van der Waals surface area contributed by atoms with Crippen molar-refractivity contribution in [2.45, 2.75) is 26.3 Å². The van der Waals surface area contributed by atoms with Gasteiger partial charge in [-0.05, 0) is 57.2 Å². The van der Waals surface area contributed by atoms with E-state index >= 15 is 0 Å². The van der Waals surface area contributed by atoms with Crippen LogP contribution in [-0.4, -0.2) is 50.1 Å². The van der Waals surface area contributed by atoms with Crippen molar-refractivity contribution in [1.29, 1.82) is 0 Å². The average molecular weight is 281 g/mol. The van der Waals surface area contributed by atoms with Gasteiger partial charge in [0.2, 0.25) is 0 Å². The highest BCUT2D eigenvalue weighted by Gasteiger charge is 2.20. The molecule has 1 aromatic carbocycles. The van der Waals surface area contributed by atoms with Gasteiger partial charge < -0.3 is 10.6 Å². The van der Waals surface area contributed by atoms with E-state index in [1.165, 1.54) is 6.07 Å². The molecule has 1 aromatic rings. The van der Waals surface area contributed by atoms with Crippen LogP contribution in [0.15, 0.2) is 18.2 Å². The molecule has 0 aliphatic rings. The zero-order valence-corrected chi connectivity index (χ0v) is 13.2. The summed E-state index contributed by atoms with van der Waals surface area (Å²) in [6.07, 6.45) is 1.07. The maximum Gasteiger partial charge on any atom is 0.123 e. The first-order valence-electron chi connectivity index (χ1n) is 7.34. The molecule has 3 nitrogen and oxygen atoms in total. The van der Waals surface area contributed by atoms with Crippen molar-refractivity contribution in [3.05, 3.63) is 35.1 Å². The molecular formula is C16H28FN3. The zero-order chi connectivity index (χ0) is 15.1. The minimum absolute atomic E-state index is 0.0885. The lowest BCUT2D eigenvalue weighted by molar-refractivity contribution is 0.182. The fourth-order valence-corrected chi connectivity index (χ4v) is 2.48. The minimum Gasteiger partial charge on any atom is -0.329 e. The van der Waals surface area contributed by atoms with Gasteiger partial charge in [0.25, 0.3) is 0 Å². The molecule has 0 saturated carbocycles. The van der Waals surface area contributed by atoms with Gasteiger partial charge in [-0.15, -0.1) is 0 Å². The van der Waals surface area contributed by atoms with Crippen LogP contribution in [0.2, 0.25) is 0 Å². The lowest BCUT2D eigenvalue weighted by Crippen LogP contribution is -2.39. The number of hydrogen-bond acceptors (Lipinski definition) is 3. The van der Waals surface area contributed by atoms with Crippen LogP contribution in [0.25, 0.3) is 0 Å². The summed E-state index contributed by atoms with van der Waals surface area (Å²) in [5.41, 5.74) is 8.10. The van der Waals surface area contributed by atoms with Gasteiger partial charge in [-0.1, -0.05) is 13.0 Å². The number of benzene rings is 1. The molecular weight excluding hydrogens is 253 g/mol. The molecule has 0 aliphatic heterocycles. The monoisotopic (exact) mass is 281 g/mol. The summed E-state index contributed by atoms with van der Waals surface area (Å²) in [6.45, 7) is 7.59. The Balaban J connectivity index is 2.96. The largest absolute Gasteiger partial charge is 0.329 e. The highest BCUT2D eigenvalue weighted by molar-refractivity contribution is 5.30. The molecule has 1 unspecified atom stereocenters. The van der Waals surface area contributed by atoms with Crippen LogP contribution in [0.3, 0.4) is 0 Å². The molecule has 0 amide bonds. The highest BCUT2D eigenvalue weighted by atomic mass is 19.1. The van der Waals surface area contributed by atoms with Crippen molar-refractivity contribution in [2.75, 3.05) is 40.3 Å². The number of aryl methyl sites for hydroxylation is 1.